The van der Waals surface area contributed by atoms with Gasteiger partial charge in [-0.05, 0) is 12.8 Å². The lowest BCUT2D eigenvalue weighted by Crippen LogP contribution is -2.13. The summed E-state index contributed by atoms with van der Waals surface area (Å²) in [6.07, 6.45) is 3.02. The van der Waals surface area contributed by atoms with Crippen LogP contribution in [0.5, 0.6) is 0 Å². The van der Waals surface area contributed by atoms with Gasteiger partial charge in [0.2, 0.25) is 5.89 Å². The molecule has 1 aromatic heterocycles. The number of aromatic carboxylic acids is 1. The van der Waals surface area contributed by atoms with Crippen LogP contribution in [-0.4, -0.2) is 28.8 Å². The van der Waals surface area contributed by atoms with Crippen LogP contribution in [0.2, 0.25) is 0 Å². The minimum Gasteiger partial charge on any atom is -0.476 e. The van der Waals surface area contributed by atoms with E-state index in [-0.39, 0.29) is 17.7 Å². The van der Waals surface area contributed by atoms with Crippen molar-refractivity contribution in [1.29, 1.82) is 0 Å². The maximum Gasteiger partial charge on any atom is 0.357 e. The van der Waals surface area contributed by atoms with Gasteiger partial charge >= 0.3 is 5.97 Å². The quantitative estimate of drug-likeness (QED) is 0.823. The topological polar surface area (TPSA) is 72.6 Å². The number of nitrogens with zero attached hydrogens (tertiary/aromatic N) is 1. The number of aromatic nitrogens is 1. The first-order valence-corrected chi connectivity index (χ1v) is 5.02. The number of carboxylic acid groups (broad SMARTS) is 1. The van der Waals surface area contributed by atoms with Crippen LogP contribution >= 0.6 is 0 Å². The zero-order valence-electron chi connectivity index (χ0n) is 8.47. The van der Waals surface area contributed by atoms with Crippen molar-refractivity contribution in [2.75, 3.05) is 6.61 Å². The molecule has 0 aromatic carbocycles. The molecule has 0 aliphatic carbocycles. The average molecular weight is 211 g/mol. The Kier molecular flexibility index (Phi) is 2.73. The molecule has 1 aliphatic rings. The summed E-state index contributed by atoms with van der Waals surface area (Å²) in [7, 11) is 0. The normalized spacial score (nSPS) is 25.7. The van der Waals surface area contributed by atoms with Gasteiger partial charge in [0, 0.05) is 6.61 Å². The van der Waals surface area contributed by atoms with Gasteiger partial charge < -0.3 is 14.3 Å². The Morgan fingerprint density at radius 2 is 2.53 bits per heavy atom. The smallest absolute Gasteiger partial charge is 0.357 e. The van der Waals surface area contributed by atoms with E-state index in [4.69, 9.17) is 14.3 Å². The Balaban J connectivity index is 2.18. The van der Waals surface area contributed by atoms with E-state index >= 15 is 0 Å². The number of carbonyl (C=O) groups is 1. The number of hydrogen-bond donors (Lipinski definition) is 1. The van der Waals surface area contributed by atoms with Crippen LogP contribution < -0.4 is 0 Å². The molecule has 0 spiro atoms. The van der Waals surface area contributed by atoms with Crippen LogP contribution in [0, 0.1) is 0 Å². The summed E-state index contributed by atoms with van der Waals surface area (Å²) < 4.78 is 10.7. The lowest BCUT2D eigenvalue weighted by molar-refractivity contribution is 0.0690. The molecule has 1 aromatic rings. The molecule has 1 fully saturated rings. The fourth-order valence-electron chi connectivity index (χ4n) is 1.89. The second-order valence-corrected chi connectivity index (χ2v) is 3.59. The third-order valence-electron chi connectivity index (χ3n) is 2.67. The molecule has 2 heterocycles. The number of oxazole rings is 1. The van der Waals surface area contributed by atoms with Crippen molar-refractivity contribution in [3.05, 3.63) is 17.8 Å². The zero-order valence-corrected chi connectivity index (χ0v) is 8.47. The fourth-order valence-corrected chi connectivity index (χ4v) is 1.89. The Morgan fingerprint density at radius 1 is 1.73 bits per heavy atom. The summed E-state index contributed by atoms with van der Waals surface area (Å²) in [5.41, 5.74) is -0.0354. The van der Waals surface area contributed by atoms with Crippen LogP contribution in [0.25, 0.3) is 0 Å². The van der Waals surface area contributed by atoms with Gasteiger partial charge in [-0.3, -0.25) is 0 Å². The Labute approximate surface area is 87.1 Å². The van der Waals surface area contributed by atoms with Crippen molar-refractivity contribution in [2.45, 2.75) is 31.8 Å². The van der Waals surface area contributed by atoms with E-state index in [1.165, 1.54) is 6.26 Å². The Hall–Kier alpha value is -1.36. The van der Waals surface area contributed by atoms with Gasteiger partial charge in [-0.15, -0.1) is 0 Å². The molecule has 2 atom stereocenters. The summed E-state index contributed by atoms with van der Waals surface area (Å²) in [4.78, 5) is 14.6. The highest BCUT2D eigenvalue weighted by atomic mass is 16.5. The number of rotatable bonds is 3. The molecule has 82 valence electrons. The Morgan fingerprint density at radius 3 is 3.13 bits per heavy atom. The van der Waals surface area contributed by atoms with Gasteiger partial charge in [0.25, 0.3) is 0 Å². The lowest BCUT2D eigenvalue weighted by atomic mass is 10.00. The van der Waals surface area contributed by atoms with Gasteiger partial charge in [0.1, 0.15) is 6.26 Å². The molecule has 0 amide bonds. The van der Waals surface area contributed by atoms with Crippen molar-refractivity contribution < 1.29 is 19.1 Å². The largest absolute Gasteiger partial charge is 0.476 e. The predicted octanol–water partition coefficient (Wildman–Crippen LogP) is 1.66. The van der Waals surface area contributed by atoms with Crippen LogP contribution in [-0.2, 0) is 4.74 Å². The summed E-state index contributed by atoms with van der Waals surface area (Å²) in [5.74, 6) is -0.475. The lowest BCUT2D eigenvalue weighted by Gasteiger charge is -2.12. The molecule has 1 N–H and O–H groups in total. The SMILES string of the molecule is CCC1OCCC1c1nc(C(=O)O)co1. The summed E-state index contributed by atoms with van der Waals surface area (Å²) >= 11 is 0. The highest BCUT2D eigenvalue weighted by Gasteiger charge is 2.32. The third kappa shape index (κ3) is 1.87. The highest BCUT2D eigenvalue weighted by Crippen LogP contribution is 2.32. The van der Waals surface area contributed by atoms with Gasteiger partial charge in [-0.25, -0.2) is 9.78 Å². The Bertz CT molecular complexity index is 360. The van der Waals surface area contributed by atoms with E-state index in [9.17, 15) is 4.79 Å². The molecule has 15 heavy (non-hydrogen) atoms. The maximum absolute atomic E-state index is 10.6. The second-order valence-electron chi connectivity index (χ2n) is 3.59. The van der Waals surface area contributed by atoms with Crippen molar-refractivity contribution in [3.63, 3.8) is 0 Å². The van der Waals surface area contributed by atoms with E-state index in [1.807, 2.05) is 6.92 Å². The summed E-state index contributed by atoms with van der Waals surface area (Å²) in [5, 5.41) is 8.71. The minimum atomic E-state index is -1.06. The van der Waals surface area contributed by atoms with Crippen molar-refractivity contribution in [1.82, 2.24) is 4.98 Å². The highest BCUT2D eigenvalue weighted by molar-refractivity contribution is 5.84. The molecule has 1 aliphatic heterocycles. The summed E-state index contributed by atoms with van der Waals surface area (Å²) in [6, 6.07) is 0. The van der Waals surface area contributed by atoms with Gasteiger partial charge in [0.15, 0.2) is 5.69 Å². The van der Waals surface area contributed by atoms with Gasteiger partial charge in [-0.1, -0.05) is 6.92 Å². The van der Waals surface area contributed by atoms with Crippen LogP contribution in [0.3, 0.4) is 0 Å². The molecule has 0 saturated carbocycles. The van der Waals surface area contributed by atoms with E-state index in [0.29, 0.717) is 12.5 Å². The molecule has 1 saturated heterocycles. The monoisotopic (exact) mass is 211 g/mol. The van der Waals surface area contributed by atoms with E-state index < -0.39 is 5.97 Å². The van der Waals surface area contributed by atoms with E-state index in [0.717, 1.165) is 12.8 Å². The number of hydrogen-bond acceptors (Lipinski definition) is 4. The van der Waals surface area contributed by atoms with E-state index in [2.05, 4.69) is 4.98 Å². The van der Waals surface area contributed by atoms with Gasteiger partial charge in [0.05, 0.1) is 12.0 Å². The third-order valence-corrected chi connectivity index (χ3v) is 2.67. The average Bonchev–Trinajstić information content (AvgIpc) is 2.85. The van der Waals surface area contributed by atoms with Gasteiger partial charge in [-0.2, -0.15) is 0 Å². The first-order valence-electron chi connectivity index (χ1n) is 5.02. The van der Waals surface area contributed by atoms with Crippen LogP contribution in [0.4, 0.5) is 0 Å². The molecule has 2 rings (SSSR count). The molecule has 2 unspecified atom stereocenters. The zero-order chi connectivity index (χ0) is 10.8. The minimum absolute atomic E-state index is 0.0354. The molecule has 5 nitrogen and oxygen atoms in total. The molecule has 5 heteroatoms. The number of carboxylic acids is 1. The number of ether oxygens (including phenoxy) is 1. The first-order chi connectivity index (χ1) is 7.22. The predicted molar refractivity (Wildman–Crippen MR) is 50.9 cm³/mol. The molecule has 0 bridgehead atoms. The second kappa shape index (κ2) is 4.02. The summed E-state index contributed by atoms with van der Waals surface area (Å²) in [6.45, 7) is 2.72. The van der Waals surface area contributed by atoms with Crippen LogP contribution in [0.15, 0.2) is 10.7 Å². The van der Waals surface area contributed by atoms with Crippen molar-refractivity contribution in [3.8, 4) is 0 Å². The molecule has 0 radical (unpaired) electrons. The standard InChI is InChI=1S/C10H13NO4/c1-2-8-6(3-4-14-8)9-11-7(5-15-9)10(12)13/h5-6,8H,2-4H2,1H3,(H,12,13). The fraction of sp³-hybridized carbons (Fsp3) is 0.600. The maximum atomic E-state index is 10.6. The van der Waals surface area contributed by atoms with Crippen molar-refractivity contribution >= 4 is 5.97 Å². The molecular formula is C10H13NO4. The van der Waals surface area contributed by atoms with Crippen molar-refractivity contribution in [2.24, 2.45) is 0 Å². The first kappa shape index (κ1) is 10.2. The molecular weight excluding hydrogens is 198 g/mol. The van der Waals surface area contributed by atoms with E-state index in [1.54, 1.807) is 0 Å². The van der Waals surface area contributed by atoms with Crippen LogP contribution in [0.1, 0.15) is 42.1 Å².